The van der Waals surface area contributed by atoms with Crippen LogP contribution in [-0.4, -0.2) is 79.9 Å². The van der Waals surface area contributed by atoms with Gasteiger partial charge in [-0.2, -0.15) is 4.31 Å². The van der Waals surface area contributed by atoms with Crippen LogP contribution in [0.15, 0.2) is 0 Å². The maximum atomic E-state index is 14.5. The Bertz CT molecular complexity index is 749. The van der Waals surface area contributed by atoms with Crippen molar-refractivity contribution >= 4 is 31.9 Å². The molecule has 3 aliphatic rings. The van der Waals surface area contributed by atoms with E-state index in [4.69, 9.17) is 9.47 Å². The summed E-state index contributed by atoms with van der Waals surface area (Å²) < 4.78 is 54.8. The zero-order valence-electron chi connectivity index (χ0n) is 20.0. The maximum Gasteiger partial charge on any atom is 0.235 e. The molecule has 3 aliphatic carbocycles. The SMILES string of the molecule is COC1CCC(OC)C(N(CC(=O)NC2CCC(Br)CC2F)S(=O)(=O)C2CCC(C)CC2)C1. The number of methoxy groups -OCH3 is 2. The molecule has 192 valence electrons. The van der Waals surface area contributed by atoms with Gasteiger partial charge in [-0.15, -0.1) is 0 Å². The van der Waals surface area contributed by atoms with Crippen molar-refractivity contribution in [3.8, 4) is 0 Å². The van der Waals surface area contributed by atoms with E-state index in [0.29, 0.717) is 44.4 Å². The predicted molar refractivity (Wildman–Crippen MR) is 130 cm³/mol. The van der Waals surface area contributed by atoms with E-state index in [-0.39, 0.29) is 23.6 Å². The lowest BCUT2D eigenvalue weighted by Gasteiger charge is -2.42. The fourth-order valence-electron chi connectivity index (χ4n) is 5.61. The second-order valence-electron chi connectivity index (χ2n) is 10.1. The number of hydrogen-bond donors (Lipinski definition) is 1. The number of alkyl halides is 2. The van der Waals surface area contributed by atoms with Crippen molar-refractivity contribution in [3.63, 3.8) is 0 Å². The Balaban J connectivity index is 1.80. The summed E-state index contributed by atoms with van der Waals surface area (Å²) in [6.45, 7) is 1.84. The third kappa shape index (κ3) is 6.90. The number of hydrogen-bond acceptors (Lipinski definition) is 5. The van der Waals surface area contributed by atoms with E-state index in [1.54, 1.807) is 14.2 Å². The Labute approximate surface area is 206 Å². The van der Waals surface area contributed by atoms with Gasteiger partial charge < -0.3 is 14.8 Å². The summed E-state index contributed by atoms with van der Waals surface area (Å²) in [5.41, 5.74) is 0. The largest absolute Gasteiger partial charge is 0.381 e. The normalized spacial score (nSPS) is 38.2. The van der Waals surface area contributed by atoms with Crippen LogP contribution < -0.4 is 5.32 Å². The van der Waals surface area contributed by atoms with Gasteiger partial charge in [-0.1, -0.05) is 22.9 Å². The summed E-state index contributed by atoms with van der Waals surface area (Å²) in [5.74, 6) is 0.0661. The van der Waals surface area contributed by atoms with Gasteiger partial charge in [-0.25, -0.2) is 12.8 Å². The number of sulfonamides is 1. The molecule has 0 aromatic heterocycles. The van der Waals surface area contributed by atoms with Crippen LogP contribution in [0.4, 0.5) is 4.39 Å². The highest BCUT2D eigenvalue weighted by Crippen LogP contribution is 2.35. The third-order valence-corrected chi connectivity index (χ3v) is 11.0. The van der Waals surface area contributed by atoms with Crippen molar-refractivity contribution in [3.05, 3.63) is 0 Å². The van der Waals surface area contributed by atoms with E-state index >= 15 is 0 Å². The highest BCUT2D eigenvalue weighted by atomic mass is 79.9. The van der Waals surface area contributed by atoms with E-state index in [1.165, 1.54) is 4.31 Å². The number of halogens is 2. The molecular formula is C23H40BrFN2O5S. The number of rotatable bonds is 8. The highest BCUT2D eigenvalue weighted by Gasteiger charge is 2.44. The molecule has 0 aliphatic heterocycles. The minimum atomic E-state index is -3.74. The molecule has 3 rings (SSSR count). The van der Waals surface area contributed by atoms with Crippen LogP contribution in [0.25, 0.3) is 0 Å². The first-order chi connectivity index (χ1) is 15.6. The Morgan fingerprint density at radius 2 is 1.73 bits per heavy atom. The monoisotopic (exact) mass is 554 g/mol. The standard InChI is InChI=1S/C23H40BrFN2O5S/c1-15-4-8-18(9-5-15)33(29,30)27(21-13-17(31-2)7-11-22(21)32-3)14-23(28)26-20-10-6-16(24)12-19(20)25/h15-22H,4-14H2,1-3H3,(H,26,28). The van der Waals surface area contributed by atoms with E-state index in [0.717, 1.165) is 25.7 Å². The number of carbonyl (C=O) groups excluding carboxylic acids is 1. The van der Waals surface area contributed by atoms with Gasteiger partial charge in [0.2, 0.25) is 15.9 Å². The summed E-state index contributed by atoms with van der Waals surface area (Å²) in [7, 11) is -0.527. The molecule has 0 bridgehead atoms. The first kappa shape index (κ1) is 27.3. The van der Waals surface area contributed by atoms with Crippen molar-refractivity contribution in [1.29, 1.82) is 0 Å². The van der Waals surface area contributed by atoms with Crippen LogP contribution in [0.5, 0.6) is 0 Å². The van der Waals surface area contributed by atoms with Gasteiger partial charge in [0, 0.05) is 19.0 Å². The lowest BCUT2D eigenvalue weighted by molar-refractivity contribution is -0.124. The zero-order chi connectivity index (χ0) is 24.2. The molecule has 7 nitrogen and oxygen atoms in total. The highest BCUT2D eigenvalue weighted by molar-refractivity contribution is 9.09. The lowest BCUT2D eigenvalue weighted by atomic mass is 9.90. The second-order valence-corrected chi connectivity index (χ2v) is 13.5. The fraction of sp³-hybridized carbons (Fsp3) is 0.957. The molecule has 10 heteroatoms. The molecule has 1 amide bonds. The molecule has 3 fully saturated rings. The number of nitrogens with zero attached hydrogens (tertiary/aromatic N) is 1. The molecule has 0 spiro atoms. The third-order valence-electron chi connectivity index (χ3n) is 7.78. The first-order valence-electron chi connectivity index (χ1n) is 12.3. The van der Waals surface area contributed by atoms with Crippen LogP contribution in [0, 0.1) is 5.92 Å². The summed E-state index contributed by atoms with van der Waals surface area (Å²) >= 11 is 3.45. The molecular weight excluding hydrogens is 515 g/mol. The molecule has 0 aromatic rings. The van der Waals surface area contributed by atoms with Gasteiger partial charge in [0.25, 0.3) is 0 Å². The summed E-state index contributed by atoms with van der Waals surface area (Å²) in [6.07, 6.45) is 4.97. The maximum absolute atomic E-state index is 14.5. The van der Waals surface area contributed by atoms with E-state index in [1.807, 2.05) is 0 Å². The average Bonchev–Trinajstić information content (AvgIpc) is 2.79. The Morgan fingerprint density at radius 3 is 2.33 bits per heavy atom. The van der Waals surface area contributed by atoms with Gasteiger partial charge in [0.1, 0.15) is 6.17 Å². The lowest BCUT2D eigenvalue weighted by Crippen LogP contribution is -2.58. The van der Waals surface area contributed by atoms with Crippen LogP contribution >= 0.6 is 15.9 Å². The van der Waals surface area contributed by atoms with Crippen LogP contribution in [-0.2, 0) is 24.3 Å². The fourth-order valence-corrected chi connectivity index (χ4v) is 8.38. The molecule has 6 atom stereocenters. The van der Waals surface area contributed by atoms with E-state index < -0.39 is 39.4 Å². The molecule has 0 aromatic carbocycles. The Kier molecular flexibility index (Phi) is 10.0. The Hall–Kier alpha value is -0.290. The van der Waals surface area contributed by atoms with Crippen molar-refractivity contribution in [2.45, 2.75) is 112 Å². The van der Waals surface area contributed by atoms with Crippen LogP contribution in [0.1, 0.15) is 71.1 Å². The molecule has 0 saturated heterocycles. The van der Waals surface area contributed by atoms with E-state index in [9.17, 15) is 17.6 Å². The van der Waals surface area contributed by atoms with Crippen molar-refractivity contribution in [1.82, 2.24) is 9.62 Å². The second kappa shape index (κ2) is 12.1. The van der Waals surface area contributed by atoms with Crippen LogP contribution in [0.2, 0.25) is 0 Å². The molecule has 33 heavy (non-hydrogen) atoms. The molecule has 3 saturated carbocycles. The van der Waals surface area contributed by atoms with E-state index in [2.05, 4.69) is 28.2 Å². The molecule has 0 heterocycles. The smallest absolute Gasteiger partial charge is 0.235 e. The minimum absolute atomic E-state index is 0.0852. The van der Waals surface area contributed by atoms with Gasteiger partial charge in [-0.3, -0.25) is 4.79 Å². The topological polar surface area (TPSA) is 84.9 Å². The van der Waals surface area contributed by atoms with Gasteiger partial charge in [-0.05, 0) is 70.1 Å². The summed E-state index contributed by atoms with van der Waals surface area (Å²) in [6, 6.07) is -1.06. The minimum Gasteiger partial charge on any atom is -0.381 e. The molecule has 1 N–H and O–H groups in total. The number of ether oxygens (including phenoxy) is 2. The first-order valence-corrected chi connectivity index (χ1v) is 14.7. The zero-order valence-corrected chi connectivity index (χ0v) is 22.5. The van der Waals surface area contributed by atoms with Crippen molar-refractivity contribution in [2.24, 2.45) is 5.92 Å². The molecule has 0 radical (unpaired) electrons. The predicted octanol–water partition coefficient (Wildman–Crippen LogP) is 3.55. The summed E-state index contributed by atoms with van der Waals surface area (Å²) in [5, 5.41) is 2.29. The number of carbonyl (C=O) groups is 1. The van der Waals surface area contributed by atoms with Gasteiger partial charge in [0.05, 0.1) is 36.1 Å². The van der Waals surface area contributed by atoms with Crippen molar-refractivity contribution in [2.75, 3.05) is 20.8 Å². The van der Waals surface area contributed by atoms with Crippen molar-refractivity contribution < 1.29 is 27.1 Å². The summed E-state index contributed by atoms with van der Waals surface area (Å²) in [4.78, 5) is 13.2. The average molecular weight is 556 g/mol. The van der Waals surface area contributed by atoms with Gasteiger partial charge >= 0.3 is 0 Å². The Morgan fingerprint density at radius 1 is 1.03 bits per heavy atom. The number of nitrogens with one attached hydrogen (secondary N) is 1. The van der Waals surface area contributed by atoms with Crippen LogP contribution in [0.3, 0.4) is 0 Å². The van der Waals surface area contributed by atoms with Gasteiger partial charge in [0.15, 0.2) is 0 Å². The molecule has 6 unspecified atom stereocenters. The quantitative estimate of drug-likeness (QED) is 0.464. The number of amides is 1.